The number of aromatic nitrogens is 1. The third-order valence-corrected chi connectivity index (χ3v) is 8.19. The zero-order chi connectivity index (χ0) is 22.6. The van der Waals surface area contributed by atoms with Crippen molar-refractivity contribution in [3.63, 3.8) is 0 Å². The first-order valence-corrected chi connectivity index (χ1v) is 11.8. The van der Waals surface area contributed by atoms with Crippen LogP contribution in [-0.2, 0) is 19.2 Å². The Labute approximate surface area is 216 Å². The van der Waals surface area contributed by atoms with Crippen LogP contribution in [0.1, 0.15) is 52.1 Å². The van der Waals surface area contributed by atoms with Crippen molar-refractivity contribution in [2.75, 3.05) is 5.73 Å². The van der Waals surface area contributed by atoms with Gasteiger partial charge in [0, 0.05) is 10.1 Å². The number of anilines is 1. The number of carboxylic acids is 1. The van der Waals surface area contributed by atoms with Crippen molar-refractivity contribution in [2.24, 2.45) is 5.16 Å². The van der Waals surface area contributed by atoms with Crippen LogP contribution in [0.25, 0.3) is 0 Å². The summed E-state index contributed by atoms with van der Waals surface area (Å²) in [6.07, 6.45) is 3.72. The minimum absolute atomic E-state index is 0. The summed E-state index contributed by atoms with van der Waals surface area (Å²) < 4.78 is -0.737. The molecule has 0 radical (unpaired) electrons. The summed E-state index contributed by atoms with van der Waals surface area (Å²) >= 11 is 2.48. The fourth-order valence-corrected chi connectivity index (χ4v) is 6.48. The molecule has 13 heteroatoms. The monoisotopic (exact) mass is 489 g/mol. The summed E-state index contributed by atoms with van der Waals surface area (Å²) in [5, 5.41) is 19.7. The molecule has 2 saturated heterocycles. The molecule has 2 amide bonds. The summed E-state index contributed by atoms with van der Waals surface area (Å²) in [7, 11) is 0. The van der Waals surface area contributed by atoms with Crippen molar-refractivity contribution in [3.05, 3.63) is 11.1 Å². The molecule has 1 aliphatic carbocycles. The molecule has 3 fully saturated rings. The van der Waals surface area contributed by atoms with Gasteiger partial charge in [0.15, 0.2) is 10.8 Å². The Morgan fingerprint density at radius 3 is 2.56 bits per heavy atom. The van der Waals surface area contributed by atoms with Gasteiger partial charge >= 0.3 is 29.6 Å². The average molecular weight is 490 g/mol. The number of aliphatic carboxylic acids is 1. The normalized spacial score (nSPS) is 27.8. The van der Waals surface area contributed by atoms with E-state index in [-0.39, 0.29) is 46.1 Å². The van der Waals surface area contributed by atoms with E-state index in [0.717, 1.165) is 37.0 Å². The third-order valence-electron chi connectivity index (χ3n) is 5.95. The van der Waals surface area contributed by atoms with E-state index in [0.29, 0.717) is 0 Å². The Hall–Kier alpha value is -1.34. The van der Waals surface area contributed by atoms with E-state index in [1.165, 1.54) is 16.7 Å². The molecule has 168 valence electrons. The van der Waals surface area contributed by atoms with E-state index in [9.17, 15) is 19.5 Å². The van der Waals surface area contributed by atoms with Gasteiger partial charge in [-0.25, -0.2) is 4.98 Å². The molecule has 0 bridgehead atoms. The molecule has 3 atom stereocenters. The molecular formula is C19H24N5NaO5S2. The number of nitrogens with zero attached hydrogens (tertiary/aromatic N) is 3. The van der Waals surface area contributed by atoms with Crippen LogP contribution in [0.15, 0.2) is 10.5 Å². The van der Waals surface area contributed by atoms with Crippen LogP contribution in [0.4, 0.5) is 5.13 Å². The fourth-order valence-electron chi connectivity index (χ4n) is 4.31. The van der Waals surface area contributed by atoms with Crippen molar-refractivity contribution in [2.45, 2.75) is 74.3 Å². The second kappa shape index (κ2) is 9.13. The van der Waals surface area contributed by atoms with Crippen molar-refractivity contribution < 1.29 is 53.9 Å². The minimum Gasteiger partial charge on any atom is -0.548 e. The maximum Gasteiger partial charge on any atom is 1.00 e. The molecule has 0 unspecified atom stereocenters. The third kappa shape index (κ3) is 4.52. The molecule has 0 aromatic carbocycles. The van der Waals surface area contributed by atoms with E-state index < -0.39 is 45.6 Å². The van der Waals surface area contributed by atoms with Crippen LogP contribution >= 0.6 is 23.1 Å². The van der Waals surface area contributed by atoms with Gasteiger partial charge in [-0.1, -0.05) is 5.16 Å². The number of carboxylic acid groups (broad SMARTS) is 1. The number of oxime groups is 1. The second-order valence-electron chi connectivity index (χ2n) is 8.79. The zero-order valence-electron chi connectivity index (χ0n) is 18.4. The molecule has 3 aliphatic rings. The number of carbonyl (C=O) groups excluding carboxylic acids is 3. The Morgan fingerprint density at radius 2 is 2.00 bits per heavy atom. The predicted molar refractivity (Wildman–Crippen MR) is 114 cm³/mol. The number of thioether (sulfide) groups is 1. The fraction of sp³-hybridized carbons (Fsp3) is 0.632. The van der Waals surface area contributed by atoms with Crippen molar-refractivity contribution >= 4 is 51.7 Å². The van der Waals surface area contributed by atoms with Gasteiger partial charge in [0.1, 0.15) is 22.7 Å². The smallest absolute Gasteiger partial charge is 0.548 e. The van der Waals surface area contributed by atoms with Crippen LogP contribution in [0, 0.1) is 0 Å². The molecule has 10 nitrogen and oxygen atoms in total. The first-order chi connectivity index (χ1) is 14.5. The van der Waals surface area contributed by atoms with E-state index in [1.54, 1.807) is 19.2 Å². The van der Waals surface area contributed by atoms with Gasteiger partial charge in [-0.05, 0) is 46.5 Å². The van der Waals surface area contributed by atoms with Crippen LogP contribution in [-0.4, -0.2) is 61.2 Å². The van der Waals surface area contributed by atoms with Gasteiger partial charge in [0.2, 0.25) is 5.91 Å². The van der Waals surface area contributed by atoms with E-state index in [4.69, 9.17) is 10.6 Å². The number of hydrogen-bond acceptors (Lipinski definition) is 10. The Kier molecular flexibility index (Phi) is 7.21. The van der Waals surface area contributed by atoms with Gasteiger partial charge < -0.3 is 30.7 Å². The summed E-state index contributed by atoms with van der Waals surface area (Å²) in [6, 6.07) is -1.93. The van der Waals surface area contributed by atoms with Crippen molar-refractivity contribution in [1.82, 2.24) is 15.2 Å². The SMILES string of the molecule is CC1(O/N=C(\C(=O)N[C@H]2C(=O)N3[C@@H]2SC(C)(C)[C@@H]3C(=O)[O-])c2csc(N)n2)CCCC1.[Na+]. The summed E-state index contributed by atoms with van der Waals surface area (Å²) in [5.41, 5.74) is 5.46. The molecule has 2 aliphatic heterocycles. The predicted octanol–water partition coefficient (Wildman–Crippen LogP) is -2.92. The van der Waals surface area contributed by atoms with Gasteiger partial charge in [-0.3, -0.25) is 9.59 Å². The van der Waals surface area contributed by atoms with Gasteiger partial charge in [-0.15, -0.1) is 23.1 Å². The van der Waals surface area contributed by atoms with Crippen LogP contribution in [0.5, 0.6) is 0 Å². The number of β-lactam (4-membered cyclic amide) rings is 1. The van der Waals surface area contributed by atoms with Crippen LogP contribution in [0.2, 0.25) is 0 Å². The number of hydrogen-bond donors (Lipinski definition) is 2. The largest absolute Gasteiger partial charge is 1.00 e. The molecule has 3 N–H and O–H groups in total. The number of nitrogens with one attached hydrogen (secondary N) is 1. The number of rotatable bonds is 6. The topological polar surface area (TPSA) is 150 Å². The van der Waals surface area contributed by atoms with Crippen LogP contribution < -0.4 is 45.7 Å². The molecular weight excluding hydrogens is 465 g/mol. The maximum absolute atomic E-state index is 13.1. The van der Waals surface area contributed by atoms with Gasteiger partial charge in [0.05, 0.1) is 12.0 Å². The van der Waals surface area contributed by atoms with E-state index >= 15 is 0 Å². The summed E-state index contributed by atoms with van der Waals surface area (Å²) in [4.78, 5) is 48.4. The standard InChI is InChI=1S/C19H25N5O5S2.Na/c1-18(2)12(16(27)28)24-14(26)11(15(24)31-18)22-13(25)10(9-8-30-17(20)21-9)23-29-19(3)6-4-5-7-19;/h8,11-12,15H,4-7H2,1-3H3,(H2,20,21)(H,22,25)(H,27,28);/q;+1/p-1/b23-10-;/t11-,12-,15+;/m0./s1. The minimum atomic E-state index is -1.31. The van der Waals surface area contributed by atoms with E-state index in [2.05, 4.69) is 15.5 Å². The number of thiazole rings is 1. The molecule has 1 aromatic heterocycles. The van der Waals surface area contributed by atoms with Crippen LogP contribution in [0.3, 0.4) is 0 Å². The molecule has 0 spiro atoms. The molecule has 32 heavy (non-hydrogen) atoms. The summed E-state index contributed by atoms with van der Waals surface area (Å²) in [5.74, 6) is -2.40. The van der Waals surface area contributed by atoms with Crippen molar-refractivity contribution in [3.8, 4) is 0 Å². The number of nitrogen functional groups attached to an aromatic ring is 1. The number of fused-ring (bicyclic) bond motifs is 1. The molecule has 4 rings (SSSR count). The van der Waals surface area contributed by atoms with E-state index in [1.807, 2.05) is 6.92 Å². The summed E-state index contributed by atoms with van der Waals surface area (Å²) in [6.45, 7) is 5.42. The van der Waals surface area contributed by atoms with Gasteiger partial charge in [-0.2, -0.15) is 0 Å². The average Bonchev–Trinajstić information content (AvgIpc) is 3.37. The molecule has 1 aromatic rings. The Bertz CT molecular complexity index is 962. The first-order valence-electron chi connectivity index (χ1n) is 10.0. The number of amides is 2. The number of nitrogens with two attached hydrogens (primary N) is 1. The Morgan fingerprint density at radius 1 is 1.34 bits per heavy atom. The second-order valence-corrected chi connectivity index (χ2v) is 11.4. The zero-order valence-corrected chi connectivity index (χ0v) is 22.0. The maximum atomic E-state index is 13.1. The van der Waals surface area contributed by atoms with Gasteiger partial charge in [0.25, 0.3) is 5.91 Å². The quantitative estimate of drug-likeness (QED) is 0.187. The number of carbonyl (C=O) groups is 3. The first kappa shape index (κ1) is 25.3. The molecule has 3 heterocycles. The Balaban J connectivity index is 0.00000289. The molecule has 1 saturated carbocycles. The van der Waals surface area contributed by atoms with Crippen molar-refractivity contribution in [1.29, 1.82) is 0 Å².